The molecule has 0 aliphatic rings. The highest BCUT2D eigenvalue weighted by Gasteiger charge is 2.31. The Morgan fingerprint density at radius 3 is 2.57 bits per heavy atom. The van der Waals surface area contributed by atoms with E-state index in [-0.39, 0.29) is 5.75 Å². The number of thiophene rings is 1. The van der Waals surface area contributed by atoms with Crippen molar-refractivity contribution in [2.24, 2.45) is 0 Å². The molecule has 2 nitrogen and oxygen atoms in total. The van der Waals surface area contributed by atoms with Crippen LogP contribution in [-0.2, 0) is 19.5 Å². The van der Waals surface area contributed by atoms with Crippen LogP contribution < -0.4 is 10.1 Å². The van der Waals surface area contributed by atoms with Gasteiger partial charge in [-0.05, 0) is 29.5 Å². The van der Waals surface area contributed by atoms with E-state index in [1.54, 1.807) is 23.5 Å². The van der Waals surface area contributed by atoms with Crippen molar-refractivity contribution in [1.29, 1.82) is 0 Å². The Morgan fingerprint density at radius 2 is 1.86 bits per heavy atom. The maximum absolute atomic E-state index is 12.3. The molecule has 0 saturated heterocycles. The van der Waals surface area contributed by atoms with Crippen LogP contribution in [-0.4, -0.2) is 6.36 Å². The third-order valence-corrected chi connectivity index (χ3v) is 3.98. The van der Waals surface area contributed by atoms with Crippen LogP contribution in [0.5, 0.6) is 5.75 Å². The highest BCUT2D eigenvalue weighted by molar-refractivity contribution is 7.10. The smallest absolute Gasteiger partial charge is 0.405 e. The first-order valence-electron chi connectivity index (χ1n) is 6.59. The second-order valence-corrected chi connectivity index (χ2v) is 5.48. The van der Waals surface area contributed by atoms with Crippen molar-refractivity contribution in [2.75, 3.05) is 0 Å². The third-order valence-electron chi connectivity index (χ3n) is 3.02. The van der Waals surface area contributed by atoms with Gasteiger partial charge in [-0.2, -0.15) is 0 Å². The minimum absolute atomic E-state index is 0.153. The van der Waals surface area contributed by atoms with Crippen molar-refractivity contribution in [3.63, 3.8) is 0 Å². The Labute approximate surface area is 125 Å². The molecule has 0 fully saturated rings. The molecular weight excluding hydrogens is 299 g/mol. The van der Waals surface area contributed by atoms with Crippen LogP contribution in [0.15, 0.2) is 35.7 Å². The van der Waals surface area contributed by atoms with E-state index < -0.39 is 6.36 Å². The molecule has 0 spiro atoms. The fourth-order valence-electron chi connectivity index (χ4n) is 2.02. The van der Waals surface area contributed by atoms with Crippen molar-refractivity contribution in [2.45, 2.75) is 32.8 Å². The van der Waals surface area contributed by atoms with Crippen molar-refractivity contribution in [3.8, 4) is 5.75 Å². The van der Waals surface area contributed by atoms with Crippen molar-refractivity contribution >= 4 is 11.3 Å². The normalized spacial score (nSPS) is 11.6. The van der Waals surface area contributed by atoms with E-state index in [1.165, 1.54) is 22.6 Å². The van der Waals surface area contributed by atoms with Gasteiger partial charge in [0.2, 0.25) is 0 Å². The van der Waals surface area contributed by atoms with Gasteiger partial charge in [-0.15, -0.1) is 24.5 Å². The third kappa shape index (κ3) is 4.75. The summed E-state index contributed by atoms with van der Waals surface area (Å²) in [6, 6.07) is 8.25. The summed E-state index contributed by atoms with van der Waals surface area (Å²) in [6.45, 7) is 3.05. The van der Waals surface area contributed by atoms with Gasteiger partial charge in [0.05, 0.1) is 0 Å². The maximum Gasteiger partial charge on any atom is 0.573 e. The van der Waals surface area contributed by atoms with Gasteiger partial charge in [-0.3, -0.25) is 0 Å². The number of aryl methyl sites for hydroxylation is 1. The molecule has 0 unspecified atom stereocenters. The zero-order valence-electron chi connectivity index (χ0n) is 11.5. The number of halogens is 3. The number of alkyl halides is 3. The molecule has 21 heavy (non-hydrogen) atoms. The summed E-state index contributed by atoms with van der Waals surface area (Å²) in [5.41, 5.74) is 1.76. The standard InChI is InChI=1S/C15H16F3NOS/c1-2-11-7-8-21-14(11)10-19-9-12-5-3-4-6-13(12)20-15(16,17)18/h3-8,19H,2,9-10H2,1H3. The molecule has 0 radical (unpaired) electrons. The van der Waals surface area contributed by atoms with E-state index in [4.69, 9.17) is 0 Å². The van der Waals surface area contributed by atoms with Gasteiger partial charge in [0.25, 0.3) is 0 Å². The summed E-state index contributed by atoms with van der Waals surface area (Å²) >= 11 is 1.65. The molecule has 1 aromatic carbocycles. The molecular formula is C15H16F3NOS. The number of hydrogen-bond donors (Lipinski definition) is 1. The predicted octanol–water partition coefficient (Wildman–Crippen LogP) is 4.50. The second kappa shape index (κ2) is 6.95. The van der Waals surface area contributed by atoms with Gasteiger partial charge in [0.15, 0.2) is 0 Å². The lowest BCUT2D eigenvalue weighted by Crippen LogP contribution is -2.20. The Morgan fingerprint density at radius 1 is 1.10 bits per heavy atom. The first-order valence-corrected chi connectivity index (χ1v) is 7.47. The number of nitrogens with one attached hydrogen (secondary N) is 1. The minimum atomic E-state index is -4.67. The quantitative estimate of drug-likeness (QED) is 0.847. The number of para-hydroxylation sites is 1. The van der Waals surface area contributed by atoms with E-state index in [0.717, 1.165) is 6.42 Å². The van der Waals surface area contributed by atoms with Gasteiger partial charge in [0.1, 0.15) is 5.75 Å². The molecule has 0 amide bonds. The van der Waals surface area contributed by atoms with Crippen LogP contribution in [0.25, 0.3) is 0 Å². The van der Waals surface area contributed by atoms with Gasteiger partial charge >= 0.3 is 6.36 Å². The average Bonchev–Trinajstić information content (AvgIpc) is 2.86. The topological polar surface area (TPSA) is 21.3 Å². The minimum Gasteiger partial charge on any atom is -0.405 e. The first kappa shape index (κ1) is 15.9. The molecule has 6 heteroatoms. The van der Waals surface area contributed by atoms with Gasteiger partial charge < -0.3 is 10.1 Å². The Balaban J connectivity index is 1.97. The molecule has 1 N–H and O–H groups in total. The fraction of sp³-hybridized carbons (Fsp3) is 0.333. The summed E-state index contributed by atoms with van der Waals surface area (Å²) in [5.74, 6) is -0.153. The Hall–Kier alpha value is -1.53. The zero-order valence-corrected chi connectivity index (χ0v) is 12.4. The second-order valence-electron chi connectivity index (χ2n) is 4.48. The lowest BCUT2D eigenvalue weighted by atomic mass is 10.2. The van der Waals surface area contributed by atoms with Crippen LogP contribution in [0.1, 0.15) is 22.9 Å². The number of hydrogen-bond acceptors (Lipinski definition) is 3. The van der Waals surface area contributed by atoms with Crippen LogP contribution in [0.2, 0.25) is 0 Å². The van der Waals surface area contributed by atoms with Crippen molar-refractivity contribution in [1.82, 2.24) is 5.32 Å². The molecule has 2 rings (SSSR count). The van der Waals surface area contributed by atoms with Gasteiger partial charge in [0, 0.05) is 23.5 Å². The Kier molecular flexibility index (Phi) is 5.25. The van der Waals surface area contributed by atoms with Gasteiger partial charge in [-0.25, -0.2) is 0 Å². The lowest BCUT2D eigenvalue weighted by molar-refractivity contribution is -0.274. The lowest BCUT2D eigenvalue weighted by Gasteiger charge is -2.13. The highest BCUT2D eigenvalue weighted by Crippen LogP contribution is 2.26. The molecule has 0 atom stereocenters. The summed E-state index contributed by atoms with van der Waals surface area (Å²) in [5, 5.41) is 5.19. The SMILES string of the molecule is CCc1ccsc1CNCc1ccccc1OC(F)(F)F. The monoisotopic (exact) mass is 315 g/mol. The van der Waals surface area contributed by atoms with Crippen LogP contribution in [0.4, 0.5) is 13.2 Å². The van der Waals surface area contributed by atoms with E-state index >= 15 is 0 Å². The molecule has 1 aromatic heterocycles. The molecule has 0 aliphatic heterocycles. The summed E-state index contributed by atoms with van der Waals surface area (Å²) < 4.78 is 41.0. The maximum atomic E-state index is 12.3. The van der Waals surface area contributed by atoms with E-state index in [1.807, 2.05) is 5.38 Å². The Bertz CT molecular complexity index is 580. The number of benzene rings is 1. The first-order chi connectivity index (χ1) is 9.99. The molecule has 114 valence electrons. The van der Waals surface area contributed by atoms with Crippen LogP contribution in [0, 0.1) is 0 Å². The van der Waals surface area contributed by atoms with E-state index in [2.05, 4.69) is 23.0 Å². The molecule has 0 saturated carbocycles. The molecule has 2 aromatic rings. The van der Waals surface area contributed by atoms with Crippen molar-refractivity contribution in [3.05, 3.63) is 51.7 Å². The number of ether oxygens (including phenoxy) is 1. The van der Waals surface area contributed by atoms with Crippen LogP contribution >= 0.6 is 11.3 Å². The summed E-state index contributed by atoms with van der Waals surface area (Å²) in [7, 11) is 0. The average molecular weight is 315 g/mol. The molecule has 1 heterocycles. The van der Waals surface area contributed by atoms with Crippen molar-refractivity contribution < 1.29 is 17.9 Å². The summed E-state index contributed by atoms with van der Waals surface area (Å²) in [6.07, 6.45) is -3.71. The molecule has 0 bridgehead atoms. The van der Waals surface area contributed by atoms with Gasteiger partial charge in [-0.1, -0.05) is 25.1 Å². The predicted molar refractivity (Wildman–Crippen MR) is 77.4 cm³/mol. The van der Waals surface area contributed by atoms with E-state index in [0.29, 0.717) is 18.7 Å². The van der Waals surface area contributed by atoms with Crippen LogP contribution in [0.3, 0.4) is 0 Å². The molecule has 0 aliphatic carbocycles. The fourth-order valence-corrected chi connectivity index (χ4v) is 2.97. The number of rotatable bonds is 6. The van der Waals surface area contributed by atoms with E-state index in [9.17, 15) is 13.2 Å². The zero-order chi connectivity index (χ0) is 15.3. The highest BCUT2D eigenvalue weighted by atomic mass is 32.1. The summed E-state index contributed by atoms with van der Waals surface area (Å²) in [4.78, 5) is 1.21. The largest absolute Gasteiger partial charge is 0.573 e.